The van der Waals surface area contributed by atoms with E-state index in [2.05, 4.69) is 22.9 Å². The Morgan fingerprint density at radius 2 is 1.90 bits per heavy atom. The minimum atomic E-state index is 0.113. The van der Waals surface area contributed by atoms with Gasteiger partial charge in [0.25, 0.3) is 0 Å². The van der Waals surface area contributed by atoms with Crippen molar-refractivity contribution in [1.82, 2.24) is 0 Å². The predicted octanol–water partition coefficient (Wildman–Crippen LogP) is 5.83. The Bertz CT molecular complexity index is 634. The molecule has 0 saturated carbocycles. The first-order valence-electron chi connectivity index (χ1n) is 6.66. The molecule has 0 aliphatic rings. The molecule has 21 heavy (non-hydrogen) atoms. The summed E-state index contributed by atoms with van der Waals surface area (Å²) in [5.74, 6) is 1.42. The lowest BCUT2D eigenvalue weighted by atomic mass is 10.0. The number of halogens is 3. The minimum Gasteiger partial charge on any atom is -0.457 e. The van der Waals surface area contributed by atoms with Gasteiger partial charge < -0.3 is 10.5 Å². The van der Waals surface area contributed by atoms with E-state index in [4.69, 9.17) is 33.7 Å². The molecule has 0 amide bonds. The van der Waals surface area contributed by atoms with E-state index >= 15 is 0 Å². The SMILES string of the molecule is CCC(N)Cc1ccc(Br)cc1Oc1ccc(Cl)c(Cl)c1. The number of hydrogen-bond acceptors (Lipinski definition) is 2. The number of benzene rings is 2. The fraction of sp³-hybridized carbons (Fsp3) is 0.250. The molecule has 112 valence electrons. The molecule has 2 aromatic carbocycles. The normalized spacial score (nSPS) is 12.2. The van der Waals surface area contributed by atoms with Crippen LogP contribution in [-0.2, 0) is 6.42 Å². The summed E-state index contributed by atoms with van der Waals surface area (Å²) in [6.07, 6.45) is 1.68. The van der Waals surface area contributed by atoms with E-state index < -0.39 is 0 Å². The summed E-state index contributed by atoms with van der Waals surface area (Å²) in [5, 5.41) is 0.975. The molecular weight excluding hydrogens is 373 g/mol. The molecule has 1 unspecified atom stereocenters. The Hall–Kier alpha value is -0.740. The first-order chi connectivity index (χ1) is 9.99. The summed E-state index contributed by atoms with van der Waals surface area (Å²) in [5.41, 5.74) is 7.11. The van der Waals surface area contributed by atoms with E-state index in [-0.39, 0.29) is 6.04 Å². The van der Waals surface area contributed by atoms with Crippen LogP contribution in [0.3, 0.4) is 0 Å². The minimum absolute atomic E-state index is 0.113. The van der Waals surface area contributed by atoms with Crippen molar-refractivity contribution in [2.75, 3.05) is 0 Å². The van der Waals surface area contributed by atoms with Gasteiger partial charge in [0.05, 0.1) is 10.0 Å². The van der Waals surface area contributed by atoms with E-state index in [1.165, 1.54) is 0 Å². The Balaban J connectivity index is 2.28. The number of nitrogens with two attached hydrogens (primary N) is 1. The van der Waals surface area contributed by atoms with Gasteiger partial charge in [0, 0.05) is 16.6 Å². The average Bonchev–Trinajstić information content (AvgIpc) is 2.45. The van der Waals surface area contributed by atoms with Crippen molar-refractivity contribution in [3.8, 4) is 11.5 Å². The Morgan fingerprint density at radius 3 is 2.57 bits per heavy atom. The molecule has 0 fully saturated rings. The maximum absolute atomic E-state index is 6.04. The smallest absolute Gasteiger partial charge is 0.131 e. The van der Waals surface area contributed by atoms with Crippen molar-refractivity contribution < 1.29 is 4.74 Å². The van der Waals surface area contributed by atoms with Crippen LogP contribution in [0.4, 0.5) is 0 Å². The molecule has 0 aliphatic heterocycles. The zero-order valence-corrected chi connectivity index (χ0v) is 14.7. The standard InChI is InChI=1S/C16H16BrCl2NO/c1-2-12(20)7-10-3-4-11(17)8-16(10)21-13-5-6-14(18)15(19)9-13/h3-6,8-9,12H,2,7,20H2,1H3. The molecule has 1 atom stereocenters. The molecule has 0 heterocycles. The summed E-state index contributed by atoms with van der Waals surface area (Å²) < 4.78 is 6.89. The van der Waals surface area contributed by atoms with Gasteiger partial charge in [-0.3, -0.25) is 0 Å². The van der Waals surface area contributed by atoms with Gasteiger partial charge in [-0.1, -0.05) is 52.1 Å². The van der Waals surface area contributed by atoms with E-state index in [9.17, 15) is 0 Å². The Morgan fingerprint density at radius 1 is 1.14 bits per heavy atom. The van der Waals surface area contributed by atoms with Crippen molar-refractivity contribution in [3.63, 3.8) is 0 Å². The molecule has 2 N–H and O–H groups in total. The predicted molar refractivity (Wildman–Crippen MR) is 92.6 cm³/mol. The first kappa shape index (κ1) is 16.6. The van der Waals surface area contributed by atoms with Crippen LogP contribution in [0, 0.1) is 0 Å². The summed E-state index contributed by atoms with van der Waals surface area (Å²) in [6.45, 7) is 2.07. The maximum Gasteiger partial charge on any atom is 0.131 e. The monoisotopic (exact) mass is 387 g/mol. The largest absolute Gasteiger partial charge is 0.457 e. The zero-order chi connectivity index (χ0) is 15.4. The van der Waals surface area contributed by atoms with Crippen molar-refractivity contribution in [1.29, 1.82) is 0 Å². The van der Waals surface area contributed by atoms with E-state index in [0.29, 0.717) is 15.8 Å². The summed E-state index contributed by atoms with van der Waals surface area (Å²) in [6, 6.07) is 11.3. The molecule has 0 radical (unpaired) electrons. The van der Waals surface area contributed by atoms with Crippen LogP contribution in [0.25, 0.3) is 0 Å². The average molecular weight is 389 g/mol. The maximum atomic E-state index is 6.04. The molecule has 0 aromatic heterocycles. The third-order valence-electron chi connectivity index (χ3n) is 3.15. The van der Waals surface area contributed by atoms with Gasteiger partial charge >= 0.3 is 0 Å². The topological polar surface area (TPSA) is 35.2 Å². The second-order valence-electron chi connectivity index (χ2n) is 4.80. The van der Waals surface area contributed by atoms with E-state index in [1.54, 1.807) is 18.2 Å². The van der Waals surface area contributed by atoms with Crippen LogP contribution in [0.1, 0.15) is 18.9 Å². The second kappa shape index (κ2) is 7.50. The molecule has 2 aromatic rings. The summed E-state index contributed by atoms with van der Waals surface area (Å²) in [4.78, 5) is 0. The molecule has 2 nitrogen and oxygen atoms in total. The van der Waals surface area contributed by atoms with Gasteiger partial charge in [-0.15, -0.1) is 0 Å². The zero-order valence-electron chi connectivity index (χ0n) is 11.6. The lowest BCUT2D eigenvalue weighted by Crippen LogP contribution is -2.21. The fourth-order valence-corrected chi connectivity index (χ4v) is 2.51. The van der Waals surface area contributed by atoms with Crippen molar-refractivity contribution in [2.24, 2.45) is 5.73 Å². The molecule has 5 heteroatoms. The Kier molecular flexibility index (Phi) is 5.94. The van der Waals surface area contributed by atoms with Crippen LogP contribution in [0.2, 0.25) is 10.0 Å². The summed E-state index contributed by atoms with van der Waals surface area (Å²) in [7, 11) is 0. The molecule has 0 aliphatic carbocycles. The number of rotatable bonds is 5. The van der Waals surface area contributed by atoms with Crippen LogP contribution < -0.4 is 10.5 Å². The first-order valence-corrected chi connectivity index (χ1v) is 8.21. The van der Waals surface area contributed by atoms with Gasteiger partial charge in [0.2, 0.25) is 0 Å². The molecule has 0 spiro atoms. The number of hydrogen-bond donors (Lipinski definition) is 1. The highest BCUT2D eigenvalue weighted by Crippen LogP contribution is 2.33. The fourth-order valence-electron chi connectivity index (χ4n) is 1.89. The lowest BCUT2D eigenvalue weighted by Gasteiger charge is -2.15. The molecule has 0 saturated heterocycles. The van der Waals surface area contributed by atoms with E-state index in [1.807, 2.05) is 18.2 Å². The second-order valence-corrected chi connectivity index (χ2v) is 6.53. The Labute approximate surface area is 143 Å². The van der Waals surface area contributed by atoms with Gasteiger partial charge in [0.1, 0.15) is 11.5 Å². The third kappa shape index (κ3) is 4.62. The molecule has 0 bridgehead atoms. The number of ether oxygens (including phenoxy) is 1. The van der Waals surface area contributed by atoms with Gasteiger partial charge in [-0.25, -0.2) is 0 Å². The van der Waals surface area contributed by atoms with Gasteiger partial charge in [0.15, 0.2) is 0 Å². The highest BCUT2D eigenvalue weighted by molar-refractivity contribution is 9.10. The van der Waals surface area contributed by atoms with E-state index in [0.717, 1.165) is 28.6 Å². The quantitative estimate of drug-likeness (QED) is 0.699. The highest BCUT2D eigenvalue weighted by atomic mass is 79.9. The van der Waals surface area contributed by atoms with Crippen LogP contribution in [-0.4, -0.2) is 6.04 Å². The molecule has 2 rings (SSSR count). The van der Waals surface area contributed by atoms with Crippen molar-refractivity contribution >= 4 is 39.1 Å². The van der Waals surface area contributed by atoms with Crippen molar-refractivity contribution in [3.05, 3.63) is 56.5 Å². The summed E-state index contributed by atoms with van der Waals surface area (Å²) >= 11 is 15.4. The highest BCUT2D eigenvalue weighted by Gasteiger charge is 2.10. The third-order valence-corrected chi connectivity index (χ3v) is 4.39. The van der Waals surface area contributed by atoms with Crippen molar-refractivity contribution in [2.45, 2.75) is 25.8 Å². The van der Waals surface area contributed by atoms with Crippen LogP contribution in [0.5, 0.6) is 11.5 Å². The lowest BCUT2D eigenvalue weighted by molar-refractivity contribution is 0.472. The van der Waals surface area contributed by atoms with Crippen LogP contribution in [0.15, 0.2) is 40.9 Å². The van der Waals surface area contributed by atoms with Crippen LogP contribution >= 0.6 is 39.1 Å². The van der Waals surface area contributed by atoms with Gasteiger partial charge in [-0.2, -0.15) is 0 Å². The van der Waals surface area contributed by atoms with Gasteiger partial charge in [-0.05, 0) is 42.7 Å². The molecular formula is C16H16BrCl2NO.